The first-order valence-electron chi connectivity index (χ1n) is 9.83. The van der Waals surface area contributed by atoms with Crippen LogP contribution in [0, 0.1) is 0 Å². The van der Waals surface area contributed by atoms with E-state index in [-0.39, 0.29) is 11.9 Å². The van der Waals surface area contributed by atoms with Gasteiger partial charge in [0.25, 0.3) is 5.89 Å². The van der Waals surface area contributed by atoms with Gasteiger partial charge in [-0.15, -0.1) is 0 Å². The molecule has 0 bridgehead atoms. The number of aromatic nitrogens is 2. The Labute approximate surface area is 169 Å². The molecule has 0 saturated carbocycles. The Hall–Kier alpha value is -3.19. The first-order valence-corrected chi connectivity index (χ1v) is 9.83. The second kappa shape index (κ2) is 9.34. The summed E-state index contributed by atoms with van der Waals surface area (Å²) in [4.78, 5) is 18.7. The zero-order chi connectivity index (χ0) is 19.9. The lowest BCUT2D eigenvalue weighted by Gasteiger charge is -2.30. The highest BCUT2D eigenvalue weighted by Gasteiger charge is 2.27. The van der Waals surface area contributed by atoms with E-state index in [1.165, 1.54) is 0 Å². The van der Waals surface area contributed by atoms with Crippen LogP contribution in [0.1, 0.15) is 36.0 Å². The third-order valence-corrected chi connectivity index (χ3v) is 4.99. The molecule has 1 saturated heterocycles. The fourth-order valence-corrected chi connectivity index (χ4v) is 3.39. The van der Waals surface area contributed by atoms with Crippen molar-refractivity contribution in [2.24, 2.45) is 0 Å². The van der Waals surface area contributed by atoms with Crippen molar-refractivity contribution in [1.82, 2.24) is 15.0 Å². The number of hydrogen-bond donors (Lipinski definition) is 1. The SMILES string of the molecule is O=C(Nc1ccccc1)N1CCC(c2noc(COCc3ccccc3)n2)CC1. The maximum atomic E-state index is 12.4. The van der Waals surface area contributed by atoms with Crippen molar-refractivity contribution >= 4 is 11.7 Å². The molecule has 1 aliphatic heterocycles. The largest absolute Gasteiger partial charge is 0.367 e. The van der Waals surface area contributed by atoms with Crippen LogP contribution in [-0.2, 0) is 18.0 Å². The molecular formula is C22H24N4O3. The number of rotatable bonds is 6. The number of urea groups is 1. The summed E-state index contributed by atoms with van der Waals surface area (Å²) < 4.78 is 11.0. The molecule has 1 aromatic heterocycles. The number of nitrogens with one attached hydrogen (secondary N) is 1. The van der Waals surface area contributed by atoms with E-state index in [1.54, 1.807) is 0 Å². The summed E-state index contributed by atoms with van der Waals surface area (Å²) in [5.41, 5.74) is 1.91. The fraction of sp³-hybridized carbons (Fsp3) is 0.318. The molecule has 1 fully saturated rings. The lowest BCUT2D eigenvalue weighted by atomic mass is 9.96. The van der Waals surface area contributed by atoms with Gasteiger partial charge in [-0.3, -0.25) is 0 Å². The number of likely N-dealkylation sites (tertiary alicyclic amines) is 1. The number of amides is 2. The van der Waals surface area contributed by atoms with Gasteiger partial charge in [0.2, 0.25) is 0 Å². The second-order valence-electron chi connectivity index (χ2n) is 7.08. The van der Waals surface area contributed by atoms with E-state index in [1.807, 2.05) is 65.6 Å². The van der Waals surface area contributed by atoms with Gasteiger partial charge in [-0.25, -0.2) is 4.79 Å². The van der Waals surface area contributed by atoms with Crippen LogP contribution in [0.15, 0.2) is 65.2 Å². The van der Waals surface area contributed by atoms with Crippen LogP contribution in [0.5, 0.6) is 0 Å². The molecule has 0 radical (unpaired) electrons. The van der Waals surface area contributed by atoms with Crippen molar-refractivity contribution in [1.29, 1.82) is 0 Å². The molecule has 150 valence electrons. The second-order valence-corrected chi connectivity index (χ2v) is 7.08. The van der Waals surface area contributed by atoms with Gasteiger partial charge >= 0.3 is 6.03 Å². The molecule has 3 aromatic rings. The number of benzene rings is 2. The van der Waals surface area contributed by atoms with Gasteiger partial charge in [0.05, 0.1) is 6.61 Å². The normalized spacial score (nSPS) is 14.7. The minimum Gasteiger partial charge on any atom is -0.367 e. The topological polar surface area (TPSA) is 80.5 Å². The number of carbonyl (C=O) groups is 1. The number of nitrogens with zero attached hydrogens (tertiary/aromatic N) is 3. The molecular weight excluding hydrogens is 368 g/mol. The van der Waals surface area contributed by atoms with E-state index >= 15 is 0 Å². The van der Waals surface area contributed by atoms with Crippen molar-refractivity contribution in [3.63, 3.8) is 0 Å². The Morgan fingerprint density at radius 3 is 2.45 bits per heavy atom. The van der Waals surface area contributed by atoms with Crippen molar-refractivity contribution in [3.05, 3.63) is 77.9 Å². The first kappa shape index (κ1) is 19.1. The van der Waals surface area contributed by atoms with Crippen LogP contribution in [0.2, 0.25) is 0 Å². The monoisotopic (exact) mass is 392 g/mol. The zero-order valence-corrected chi connectivity index (χ0v) is 16.2. The molecule has 4 rings (SSSR count). The summed E-state index contributed by atoms with van der Waals surface area (Å²) in [6.45, 7) is 2.13. The zero-order valence-electron chi connectivity index (χ0n) is 16.2. The van der Waals surface area contributed by atoms with E-state index in [9.17, 15) is 4.79 Å². The molecule has 0 unspecified atom stereocenters. The van der Waals surface area contributed by atoms with Crippen molar-refractivity contribution in [2.45, 2.75) is 32.0 Å². The molecule has 0 aliphatic carbocycles. The molecule has 0 atom stereocenters. The number of ether oxygens (including phenoxy) is 1. The molecule has 29 heavy (non-hydrogen) atoms. The number of hydrogen-bond acceptors (Lipinski definition) is 5. The van der Waals surface area contributed by atoms with Crippen molar-refractivity contribution in [2.75, 3.05) is 18.4 Å². The highest BCUT2D eigenvalue weighted by Crippen LogP contribution is 2.26. The molecule has 2 amide bonds. The Morgan fingerprint density at radius 2 is 1.72 bits per heavy atom. The van der Waals surface area contributed by atoms with Gasteiger partial charge in [-0.2, -0.15) is 4.98 Å². The molecule has 2 heterocycles. The quantitative estimate of drug-likeness (QED) is 0.680. The molecule has 1 N–H and O–H groups in total. The fourth-order valence-electron chi connectivity index (χ4n) is 3.39. The summed E-state index contributed by atoms with van der Waals surface area (Å²) in [5, 5.41) is 7.05. The maximum absolute atomic E-state index is 12.4. The smallest absolute Gasteiger partial charge is 0.321 e. The van der Waals surface area contributed by atoms with Gasteiger partial charge in [0.1, 0.15) is 6.61 Å². The van der Waals surface area contributed by atoms with Gasteiger partial charge in [0, 0.05) is 24.7 Å². The number of anilines is 1. The molecule has 1 aliphatic rings. The van der Waals surface area contributed by atoms with Crippen LogP contribution in [0.4, 0.5) is 10.5 Å². The third kappa shape index (κ3) is 5.20. The van der Waals surface area contributed by atoms with Crippen LogP contribution < -0.4 is 5.32 Å². The van der Waals surface area contributed by atoms with E-state index in [4.69, 9.17) is 9.26 Å². The Morgan fingerprint density at radius 1 is 1.03 bits per heavy atom. The van der Waals surface area contributed by atoms with E-state index in [0.717, 1.165) is 24.1 Å². The molecule has 7 heteroatoms. The van der Waals surface area contributed by atoms with E-state index < -0.39 is 0 Å². The number of para-hydroxylation sites is 1. The number of carbonyl (C=O) groups excluding carboxylic acids is 1. The van der Waals surface area contributed by atoms with Crippen LogP contribution in [-0.4, -0.2) is 34.2 Å². The average Bonchev–Trinajstić information content (AvgIpc) is 3.24. The predicted octanol–water partition coefficient (Wildman–Crippen LogP) is 4.20. The van der Waals surface area contributed by atoms with Gasteiger partial charge < -0.3 is 19.5 Å². The summed E-state index contributed by atoms with van der Waals surface area (Å²) in [6.07, 6.45) is 1.62. The summed E-state index contributed by atoms with van der Waals surface area (Å²) >= 11 is 0. The van der Waals surface area contributed by atoms with Crippen molar-refractivity contribution < 1.29 is 14.1 Å². The molecule has 7 nitrogen and oxygen atoms in total. The van der Waals surface area contributed by atoms with Crippen LogP contribution in [0.3, 0.4) is 0 Å². The van der Waals surface area contributed by atoms with Gasteiger partial charge in [0.15, 0.2) is 5.82 Å². The lowest BCUT2D eigenvalue weighted by molar-refractivity contribution is 0.0850. The standard InChI is InChI=1S/C22H24N4O3/c27-22(23-19-9-5-2-6-10-19)26-13-11-18(12-14-26)21-24-20(29-25-21)16-28-15-17-7-3-1-4-8-17/h1-10,18H,11-16H2,(H,23,27). The van der Waals surface area contributed by atoms with Gasteiger partial charge in [-0.1, -0.05) is 53.7 Å². The Balaban J connectivity index is 1.23. The minimum atomic E-state index is -0.0715. The Bertz CT molecular complexity index is 906. The lowest BCUT2D eigenvalue weighted by Crippen LogP contribution is -2.40. The third-order valence-electron chi connectivity index (χ3n) is 4.99. The first-order chi connectivity index (χ1) is 14.3. The highest BCUT2D eigenvalue weighted by molar-refractivity contribution is 5.89. The average molecular weight is 392 g/mol. The molecule has 0 spiro atoms. The highest BCUT2D eigenvalue weighted by atomic mass is 16.5. The van der Waals surface area contributed by atoms with Crippen LogP contribution >= 0.6 is 0 Å². The summed E-state index contributed by atoms with van der Waals surface area (Å²) in [7, 11) is 0. The predicted molar refractivity (Wildman–Crippen MR) is 108 cm³/mol. The molecule has 2 aromatic carbocycles. The maximum Gasteiger partial charge on any atom is 0.321 e. The van der Waals surface area contributed by atoms with E-state index in [2.05, 4.69) is 15.5 Å². The summed E-state index contributed by atoms with van der Waals surface area (Å²) in [6, 6.07) is 19.4. The van der Waals surface area contributed by atoms with Crippen LogP contribution in [0.25, 0.3) is 0 Å². The summed E-state index contributed by atoms with van der Waals surface area (Å²) in [5.74, 6) is 1.38. The Kier molecular flexibility index (Phi) is 6.16. The van der Waals surface area contributed by atoms with Crippen molar-refractivity contribution in [3.8, 4) is 0 Å². The van der Waals surface area contributed by atoms with E-state index in [0.29, 0.717) is 38.0 Å². The minimum absolute atomic E-state index is 0.0715. The number of piperidine rings is 1. The van der Waals surface area contributed by atoms with Gasteiger partial charge in [-0.05, 0) is 30.5 Å².